The Bertz CT molecular complexity index is 497. The second-order valence-electron chi connectivity index (χ2n) is 6.03. The van der Waals surface area contributed by atoms with Gasteiger partial charge in [0.05, 0.1) is 5.60 Å². The van der Waals surface area contributed by atoms with E-state index in [0.29, 0.717) is 19.5 Å². The second kappa shape index (κ2) is 4.49. The minimum atomic E-state index is -1.02. The minimum Gasteiger partial charge on any atom is -0.477 e. The molecule has 5 heteroatoms. The van der Waals surface area contributed by atoms with Gasteiger partial charge < -0.3 is 15.1 Å². The average molecular weight is 264 g/mol. The Hall–Kier alpha value is -1.62. The number of pyridine rings is 1. The summed E-state index contributed by atoms with van der Waals surface area (Å²) in [6.07, 6.45) is 2.17. The van der Waals surface area contributed by atoms with Crippen LogP contribution in [0.4, 0.5) is 5.69 Å². The molecule has 2 N–H and O–H groups in total. The molecule has 0 bridgehead atoms. The van der Waals surface area contributed by atoms with Crippen molar-refractivity contribution in [1.82, 2.24) is 4.98 Å². The molecule has 1 aromatic rings. The van der Waals surface area contributed by atoms with Crippen molar-refractivity contribution in [2.75, 3.05) is 18.0 Å². The van der Waals surface area contributed by atoms with Crippen molar-refractivity contribution in [3.63, 3.8) is 0 Å². The van der Waals surface area contributed by atoms with Gasteiger partial charge in [-0.05, 0) is 25.5 Å². The van der Waals surface area contributed by atoms with E-state index in [1.54, 1.807) is 6.07 Å². The van der Waals surface area contributed by atoms with Crippen molar-refractivity contribution in [2.24, 2.45) is 5.41 Å². The molecule has 0 aromatic carbocycles. The predicted molar refractivity (Wildman–Crippen MR) is 72.4 cm³/mol. The van der Waals surface area contributed by atoms with E-state index in [1.807, 2.05) is 26.8 Å². The molecule has 0 amide bonds. The third kappa shape index (κ3) is 2.56. The Morgan fingerprint density at radius 1 is 1.42 bits per heavy atom. The molecule has 19 heavy (non-hydrogen) atoms. The van der Waals surface area contributed by atoms with Crippen LogP contribution in [0.2, 0.25) is 0 Å². The topological polar surface area (TPSA) is 73.7 Å². The first kappa shape index (κ1) is 13.8. The number of nitrogens with zero attached hydrogens (tertiary/aromatic N) is 2. The normalized spacial score (nSPS) is 26.2. The fraction of sp³-hybridized carbons (Fsp3) is 0.571. The quantitative estimate of drug-likeness (QED) is 0.851. The standard InChI is InChI=1S/C14H20N2O3/c1-13(2)9-16(7-5-14(13,3)19)10-4-6-15-11(8-10)12(17)18/h4,6,8,19H,5,7,9H2,1-3H3,(H,17,18)/t14-/m1/s1. The molecular formula is C14H20N2O3. The SMILES string of the molecule is CC1(C)CN(c2ccnc(C(=O)O)c2)CC[C@@]1(C)O. The molecule has 0 saturated carbocycles. The largest absolute Gasteiger partial charge is 0.477 e. The first-order chi connectivity index (χ1) is 8.73. The molecule has 2 heterocycles. The zero-order valence-electron chi connectivity index (χ0n) is 11.6. The van der Waals surface area contributed by atoms with E-state index in [0.717, 1.165) is 5.69 Å². The molecule has 1 fully saturated rings. The van der Waals surface area contributed by atoms with Crippen LogP contribution in [0.1, 0.15) is 37.7 Å². The van der Waals surface area contributed by atoms with Crippen LogP contribution in [0.5, 0.6) is 0 Å². The van der Waals surface area contributed by atoms with Crippen LogP contribution < -0.4 is 4.90 Å². The summed E-state index contributed by atoms with van der Waals surface area (Å²) in [5.41, 5.74) is -0.0621. The van der Waals surface area contributed by atoms with Crippen LogP contribution in [0, 0.1) is 5.41 Å². The highest BCUT2D eigenvalue weighted by Crippen LogP contribution is 2.39. The van der Waals surface area contributed by atoms with E-state index in [-0.39, 0.29) is 11.1 Å². The third-order valence-electron chi connectivity index (χ3n) is 4.24. The van der Waals surface area contributed by atoms with Gasteiger partial charge in [-0.1, -0.05) is 13.8 Å². The maximum Gasteiger partial charge on any atom is 0.354 e. The maximum atomic E-state index is 10.9. The first-order valence-corrected chi connectivity index (χ1v) is 6.40. The highest BCUT2D eigenvalue weighted by molar-refractivity contribution is 5.86. The molecule has 1 atom stereocenters. The zero-order chi connectivity index (χ0) is 14.3. The number of carboxylic acid groups (broad SMARTS) is 1. The minimum absolute atomic E-state index is 0.0487. The molecule has 0 radical (unpaired) electrons. The van der Waals surface area contributed by atoms with E-state index in [2.05, 4.69) is 9.88 Å². The summed E-state index contributed by atoms with van der Waals surface area (Å²) in [6, 6.07) is 3.39. The molecule has 2 rings (SSSR count). The number of hydrogen-bond acceptors (Lipinski definition) is 4. The molecule has 1 aliphatic heterocycles. The molecule has 1 saturated heterocycles. The summed E-state index contributed by atoms with van der Waals surface area (Å²) in [7, 11) is 0. The fourth-order valence-electron chi connectivity index (χ4n) is 2.37. The van der Waals surface area contributed by atoms with Gasteiger partial charge in [0.2, 0.25) is 0 Å². The molecular weight excluding hydrogens is 244 g/mol. The summed E-state index contributed by atoms with van der Waals surface area (Å²) in [5.74, 6) is -1.02. The van der Waals surface area contributed by atoms with Crippen molar-refractivity contribution in [1.29, 1.82) is 0 Å². The Balaban J connectivity index is 2.25. The van der Waals surface area contributed by atoms with Gasteiger partial charge in [0.15, 0.2) is 0 Å². The van der Waals surface area contributed by atoms with Crippen LogP contribution in [0.25, 0.3) is 0 Å². The number of aromatic nitrogens is 1. The number of aromatic carboxylic acids is 1. The Kier molecular flexibility index (Phi) is 3.26. The van der Waals surface area contributed by atoms with Gasteiger partial charge in [0, 0.05) is 30.4 Å². The first-order valence-electron chi connectivity index (χ1n) is 6.40. The highest BCUT2D eigenvalue weighted by atomic mass is 16.4. The lowest BCUT2D eigenvalue weighted by atomic mass is 9.71. The highest BCUT2D eigenvalue weighted by Gasteiger charge is 2.44. The van der Waals surface area contributed by atoms with Gasteiger partial charge in [-0.15, -0.1) is 0 Å². The summed E-state index contributed by atoms with van der Waals surface area (Å²) < 4.78 is 0. The second-order valence-corrected chi connectivity index (χ2v) is 6.03. The number of aliphatic hydroxyl groups is 1. The Labute approximate surface area is 112 Å². The Morgan fingerprint density at radius 2 is 2.11 bits per heavy atom. The van der Waals surface area contributed by atoms with Crippen molar-refractivity contribution in [2.45, 2.75) is 32.8 Å². The number of hydrogen-bond donors (Lipinski definition) is 2. The van der Waals surface area contributed by atoms with Crippen molar-refractivity contribution >= 4 is 11.7 Å². The molecule has 5 nitrogen and oxygen atoms in total. The van der Waals surface area contributed by atoms with E-state index in [4.69, 9.17) is 5.11 Å². The van der Waals surface area contributed by atoms with Gasteiger partial charge in [0.1, 0.15) is 5.69 Å². The smallest absolute Gasteiger partial charge is 0.354 e. The van der Waals surface area contributed by atoms with Gasteiger partial charge in [-0.2, -0.15) is 0 Å². The molecule has 104 valence electrons. The lowest BCUT2D eigenvalue weighted by Crippen LogP contribution is -2.55. The summed E-state index contributed by atoms with van der Waals surface area (Å²) in [6.45, 7) is 7.30. The van der Waals surface area contributed by atoms with Crippen LogP contribution in [0.3, 0.4) is 0 Å². The molecule has 0 spiro atoms. The van der Waals surface area contributed by atoms with Gasteiger partial charge in [0.25, 0.3) is 0 Å². The van der Waals surface area contributed by atoms with Crippen LogP contribution >= 0.6 is 0 Å². The van der Waals surface area contributed by atoms with Crippen molar-refractivity contribution in [3.8, 4) is 0 Å². The number of carbonyl (C=O) groups is 1. The fourth-order valence-corrected chi connectivity index (χ4v) is 2.37. The number of rotatable bonds is 2. The van der Waals surface area contributed by atoms with Crippen molar-refractivity contribution < 1.29 is 15.0 Å². The molecule has 1 aromatic heterocycles. The van der Waals surface area contributed by atoms with E-state index in [1.165, 1.54) is 6.20 Å². The lowest BCUT2D eigenvalue weighted by Gasteiger charge is -2.49. The average Bonchev–Trinajstić information content (AvgIpc) is 2.33. The van der Waals surface area contributed by atoms with Gasteiger partial charge in [-0.3, -0.25) is 0 Å². The number of piperidine rings is 1. The van der Waals surface area contributed by atoms with Gasteiger partial charge in [-0.25, -0.2) is 9.78 Å². The summed E-state index contributed by atoms with van der Waals surface area (Å²) in [4.78, 5) is 16.9. The van der Waals surface area contributed by atoms with Crippen LogP contribution in [-0.4, -0.2) is 39.9 Å². The monoisotopic (exact) mass is 264 g/mol. The Morgan fingerprint density at radius 3 is 2.68 bits per heavy atom. The number of anilines is 1. The van der Waals surface area contributed by atoms with Crippen LogP contribution in [-0.2, 0) is 0 Å². The van der Waals surface area contributed by atoms with E-state index < -0.39 is 11.6 Å². The molecule has 1 aliphatic rings. The molecule has 0 aliphatic carbocycles. The summed E-state index contributed by atoms with van der Waals surface area (Å²) in [5, 5.41) is 19.3. The third-order valence-corrected chi connectivity index (χ3v) is 4.24. The van der Waals surface area contributed by atoms with E-state index in [9.17, 15) is 9.90 Å². The van der Waals surface area contributed by atoms with Gasteiger partial charge >= 0.3 is 5.97 Å². The van der Waals surface area contributed by atoms with E-state index >= 15 is 0 Å². The number of carboxylic acids is 1. The van der Waals surface area contributed by atoms with Crippen molar-refractivity contribution in [3.05, 3.63) is 24.0 Å². The summed E-state index contributed by atoms with van der Waals surface area (Å²) >= 11 is 0. The molecule has 0 unspecified atom stereocenters. The van der Waals surface area contributed by atoms with Crippen LogP contribution in [0.15, 0.2) is 18.3 Å². The lowest BCUT2D eigenvalue weighted by molar-refractivity contribution is -0.0649. The predicted octanol–water partition coefficient (Wildman–Crippen LogP) is 1.77. The zero-order valence-corrected chi connectivity index (χ0v) is 11.6. The maximum absolute atomic E-state index is 10.9.